The number of carbonyl (C=O) groups is 2. The van der Waals surface area contributed by atoms with Crippen molar-refractivity contribution in [3.05, 3.63) is 0 Å². The first-order chi connectivity index (χ1) is 8.07. The van der Waals surface area contributed by atoms with Crippen LogP contribution < -0.4 is 0 Å². The number of hydrogen-bond donors (Lipinski definition) is 1. The minimum Gasteiger partial charge on any atom is -0.480 e. The largest absolute Gasteiger partial charge is 0.480 e. The molecule has 2 atom stereocenters. The van der Waals surface area contributed by atoms with Gasteiger partial charge in [-0.3, -0.25) is 4.79 Å². The lowest BCUT2D eigenvalue weighted by molar-refractivity contribution is -0.149. The molecule has 5 nitrogen and oxygen atoms in total. The summed E-state index contributed by atoms with van der Waals surface area (Å²) in [5.74, 6) is -0.919. The predicted molar refractivity (Wildman–Crippen MR) is 62.6 cm³/mol. The van der Waals surface area contributed by atoms with Crippen molar-refractivity contribution in [2.75, 3.05) is 19.8 Å². The van der Waals surface area contributed by atoms with Crippen LogP contribution in [0.4, 0.5) is 0 Å². The summed E-state index contributed by atoms with van der Waals surface area (Å²) in [5.41, 5.74) is 0. The quantitative estimate of drug-likeness (QED) is 0.710. The van der Waals surface area contributed by atoms with E-state index in [1.165, 1.54) is 4.90 Å². The Morgan fingerprint density at radius 2 is 2.18 bits per heavy atom. The molecule has 0 aromatic carbocycles. The summed E-state index contributed by atoms with van der Waals surface area (Å²) in [4.78, 5) is 24.5. The third kappa shape index (κ3) is 3.70. The molecule has 0 aromatic rings. The molecule has 1 amide bonds. The first-order valence-electron chi connectivity index (χ1n) is 6.18. The van der Waals surface area contributed by atoms with Crippen LogP contribution in [-0.2, 0) is 14.3 Å². The summed E-state index contributed by atoms with van der Waals surface area (Å²) in [6.07, 6.45) is 1.80. The molecular formula is C12H21NO4. The van der Waals surface area contributed by atoms with Gasteiger partial charge in [0.2, 0.25) is 5.91 Å². The van der Waals surface area contributed by atoms with Gasteiger partial charge in [0.25, 0.3) is 0 Å². The Morgan fingerprint density at radius 3 is 2.76 bits per heavy atom. The standard InChI is InChI=1S/C12H21NO4/c1-3-17-8-4-5-10(14)13-7-6-9(2)11(13)12(15)16/h9,11H,3-8H2,1-2H3,(H,15,16). The van der Waals surface area contributed by atoms with Crippen molar-refractivity contribution < 1.29 is 19.4 Å². The molecule has 1 saturated heterocycles. The second-order valence-electron chi connectivity index (χ2n) is 4.44. The predicted octanol–water partition coefficient (Wildman–Crippen LogP) is 1.12. The van der Waals surface area contributed by atoms with Crippen molar-refractivity contribution in [3.8, 4) is 0 Å². The summed E-state index contributed by atoms with van der Waals surface area (Å²) in [6, 6.07) is -0.644. The molecule has 0 radical (unpaired) electrons. The molecule has 1 heterocycles. The summed E-state index contributed by atoms with van der Waals surface area (Å²) in [5, 5.41) is 9.09. The Labute approximate surface area is 102 Å². The Morgan fingerprint density at radius 1 is 1.47 bits per heavy atom. The molecule has 5 heteroatoms. The minimum absolute atomic E-state index is 0.0448. The molecule has 0 aliphatic carbocycles. The van der Waals surface area contributed by atoms with E-state index in [1.54, 1.807) is 0 Å². The molecular weight excluding hydrogens is 222 g/mol. The number of hydrogen-bond acceptors (Lipinski definition) is 3. The van der Waals surface area contributed by atoms with E-state index in [2.05, 4.69) is 0 Å². The van der Waals surface area contributed by atoms with E-state index in [0.29, 0.717) is 32.6 Å². The van der Waals surface area contributed by atoms with E-state index >= 15 is 0 Å². The highest BCUT2D eigenvalue weighted by Gasteiger charge is 2.38. The van der Waals surface area contributed by atoms with Crippen LogP contribution in [0.25, 0.3) is 0 Å². The third-order valence-electron chi connectivity index (χ3n) is 3.16. The maximum atomic E-state index is 11.9. The molecule has 0 spiro atoms. The molecule has 1 rings (SSSR count). The summed E-state index contributed by atoms with van der Waals surface area (Å²) < 4.78 is 5.15. The average Bonchev–Trinajstić information content (AvgIpc) is 2.66. The first-order valence-corrected chi connectivity index (χ1v) is 6.18. The summed E-state index contributed by atoms with van der Waals surface area (Å²) in [6.45, 7) is 5.55. The van der Waals surface area contributed by atoms with Gasteiger partial charge in [-0.15, -0.1) is 0 Å². The van der Waals surface area contributed by atoms with Gasteiger partial charge in [0.15, 0.2) is 0 Å². The summed E-state index contributed by atoms with van der Waals surface area (Å²) >= 11 is 0. The number of nitrogens with zero attached hydrogens (tertiary/aromatic N) is 1. The lowest BCUT2D eigenvalue weighted by Crippen LogP contribution is -2.42. The molecule has 0 saturated carbocycles. The van der Waals surface area contributed by atoms with Crippen molar-refractivity contribution in [1.82, 2.24) is 4.90 Å². The number of carbonyl (C=O) groups excluding carboxylic acids is 1. The monoisotopic (exact) mass is 243 g/mol. The lowest BCUT2D eigenvalue weighted by atomic mass is 10.0. The average molecular weight is 243 g/mol. The van der Waals surface area contributed by atoms with E-state index in [9.17, 15) is 9.59 Å². The number of likely N-dealkylation sites (tertiary alicyclic amines) is 1. The van der Waals surface area contributed by atoms with Crippen LogP contribution in [0.3, 0.4) is 0 Å². The summed E-state index contributed by atoms with van der Waals surface area (Å²) in [7, 11) is 0. The molecule has 98 valence electrons. The molecule has 1 N–H and O–H groups in total. The van der Waals surface area contributed by atoms with Crippen LogP contribution in [0.2, 0.25) is 0 Å². The first kappa shape index (κ1) is 14.0. The SMILES string of the molecule is CCOCCCC(=O)N1CCC(C)C1C(=O)O. The molecule has 17 heavy (non-hydrogen) atoms. The second-order valence-corrected chi connectivity index (χ2v) is 4.44. The smallest absolute Gasteiger partial charge is 0.326 e. The second kappa shape index (κ2) is 6.59. The highest BCUT2D eigenvalue weighted by Crippen LogP contribution is 2.24. The number of carboxylic acid groups (broad SMARTS) is 1. The number of aliphatic carboxylic acids is 1. The van der Waals surface area contributed by atoms with Crippen molar-refractivity contribution in [2.45, 2.75) is 39.2 Å². The number of ether oxygens (including phenoxy) is 1. The van der Waals surface area contributed by atoms with Crippen LogP contribution in [-0.4, -0.2) is 47.7 Å². The molecule has 1 aliphatic rings. The Balaban J connectivity index is 2.42. The highest BCUT2D eigenvalue weighted by molar-refractivity contribution is 5.84. The molecule has 1 fully saturated rings. The number of carboxylic acids is 1. The Kier molecular flexibility index (Phi) is 5.41. The van der Waals surface area contributed by atoms with Crippen molar-refractivity contribution in [2.24, 2.45) is 5.92 Å². The Hall–Kier alpha value is -1.10. The van der Waals surface area contributed by atoms with Gasteiger partial charge in [0, 0.05) is 26.2 Å². The number of rotatable bonds is 6. The van der Waals surface area contributed by atoms with E-state index in [-0.39, 0.29) is 11.8 Å². The van der Waals surface area contributed by atoms with Crippen molar-refractivity contribution >= 4 is 11.9 Å². The normalized spacial score (nSPS) is 24.0. The molecule has 1 aliphatic heterocycles. The van der Waals surface area contributed by atoms with Crippen LogP contribution >= 0.6 is 0 Å². The van der Waals surface area contributed by atoms with E-state index in [4.69, 9.17) is 9.84 Å². The van der Waals surface area contributed by atoms with Crippen LogP contribution in [0.15, 0.2) is 0 Å². The highest BCUT2D eigenvalue weighted by atomic mass is 16.5. The van der Waals surface area contributed by atoms with Gasteiger partial charge >= 0.3 is 5.97 Å². The fraction of sp³-hybridized carbons (Fsp3) is 0.833. The van der Waals surface area contributed by atoms with Gasteiger partial charge in [-0.05, 0) is 25.7 Å². The molecule has 0 bridgehead atoms. The zero-order valence-electron chi connectivity index (χ0n) is 10.5. The topological polar surface area (TPSA) is 66.8 Å². The van der Waals surface area contributed by atoms with E-state index < -0.39 is 12.0 Å². The zero-order valence-corrected chi connectivity index (χ0v) is 10.5. The minimum atomic E-state index is -0.895. The van der Waals surface area contributed by atoms with Gasteiger partial charge in [-0.1, -0.05) is 6.92 Å². The maximum Gasteiger partial charge on any atom is 0.326 e. The Bertz CT molecular complexity index is 280. The fourth-order valence-corrected chi connectivity index (χ4v) is 2.22. The number of amides is 1. The maximum absolute atomic E-state index is 11.9. The lowest BCUT2D eigenvalue weighted by Gasteiger charge is -2.23. The van der Waals surface area contributed by atoms with Gasteiger partial charge in [-0.2, -0.15) is 0 Å². The van der Waals surface area contributed by atoms with Gasteiger partial charge in [0.05, 0.1) is 0 Å². The van der Waals surface area contributed by atoms with E-state index in [0.717, 1.165) is 6.42 Å². The van der Waals surface area contributed by atoms with Gasteiger partial charge in [-0.25, -0.2) is 4.79 Å². The molecule has 0 aromatic heterocycles. The van der Waals surface area contributed by atoms with Crippen molar-refractivity contribution in [3.63, 3.8) is 0 Å². The van der Waals surface area contributed by atoms with Crippen LogP contribution in [0.1, 0.15) is 33.1 Å². The van der Waals surface area contributed by atoms with E-state index in [1.807, 2.05) is 13.8 Å². The van der Waals surface area contributed by atoms with Gasteiger partial charge in [0.1, 0.15) is 6.04 Å². The van der Waals surface area contributed by atoms with Crippen LogP contribution in [0, 0.1) is 5.92 Å². The van der Waals surface area contributed by atoms with Crippen LogP contribution in [0.5, 0.6) is 0 Å². The third-order valence-corrected chi connectivity index (χ3v) is 3.16. The fourth-order valence-electron chi connectivity index (χ4n) is 2.22. The zero-order chi connectivity index (χ0) is 12.8. The van der Waals surface area contributed by atoms with Crippen molar-refractivity contribution in [1.29, 1.82) is 0 Å². The van der Waals surface area contributed by atoms with Gasteiger partial charge < -0.3 is 14.7 Å². The molecule has 2 unspecified atom stereocenters.